The van der Waals surface area contributed by atoms with E-state index in [4.69, 9.17) is 5.84 Å². The molecule has 0 aliphatic heterocycles. The molecule has 0 saturated carbocycles. The summed E-state index contributed by atoms with van der Waals surface area (Å²) in [5.74, 6) is 4.90. The van der Waals surface area contributed by atoms with Crippen molar-refractivity contribution in [3.05, 3.63) is 0 Å². The number of carbonyl (C=O) groups excluding carboxylic acids is 2. The average Bonchev–Trinajstić information content (AvgIpc) is 2.15. The maximum atomic E-state index is 11.3. The molecule has 5 heteroatoms. The van der Waals surface area contributed by atoms with E-state index in [0.29, 0.717) is 6.54 Å². The van der Waals surface area contributed by atoms with Gasteiger partial charge in [-0.3, -0.25) is 15.0 Å². The Morgan fingerprint density at radius 2 is 1.87 bits per heavy atom. The lowest BCUT2D eigenvalue weighted by atomic mass is 9.86. The number of hydrazine groups is 1. The Morgan fingerprint density at radius 3 is 2.33 bits per heavy atom. The second kappa shape index (κ2) is 6.40. The van der Waals surface area contributed by atoms with Crippen LogP contribution in [0.25, 0.3) is 0 Å². The fourth-order valence-corrected chi connectivity index (χ4v) is 1.27. The van der Waals surface area contributed by atoms with Crippen molar-refractivity contribution in [2.75, 3.05) is 6.54 Å². The van der Waals surface area contributed by atoms with Crippen LogP contribution in [0.1, 0.15) is 40.0 Å². The summed E-state index contributed by atoms with van der Waals surface area (Å²) < 4.78 is 0. The minimum Gasteiger partial charge on any atom is -0.356 e. The summed E-state index contributed by atoms with van der Waals surface area (Å²) in [6.45, 7) is 5.86. The number of nitrogens with one attached hydrogen (secondary N) is 2. The molecule has 0 bridgehead atoms. The number of rotatable bonds is 6. The normalized spacial score (nSPS) is 10.9. The Labute approximate surface area is 90.8 Å². The fourth-order valence-electron chi connectivity index (χ4n) is 1.27. The molecule has 0 unspecified atom stereocenters. The average molecular weight is 215 g/mol. The maximum absolute atomic E-state index is 11.3. The van der Waals surface area contributed by atoms with Crippen molar-refractivity contribution in [2.45, 2.75) is 40.0 Å². The highest BCUT2D eigenvalue weighted by Crippen LogP contribution is 2.22. The third-order valence-corrected chi connectivity index (χ3v) is 2.35. The third kappa shape index (κ3) is 6.06. The van der Waals surface area contributed by atoms with Gasteiger partial charge >= 0.3 is 0 Å². The SMILES string of the molecule is CC(=O)NCCCCC(C)(C)C(=O)NN. The molecule has 0 saturated heterocycles. The number of hydrogen-bond acceptors (Lipinski definition) is 3. The minimum atomic E-state index is -0.440. The monoisotopic (exact) mass is 215 g/mol. The molecule has 88 valence electrons. The zero-order valence-electron chi connectivity index (χ0n) is 9.72. The van der Waals surface area contributed by atoms with E-state index in [9.17, 15) is 9.59 Å². The highest BCUT2D eigenvalue weighted by atomic mass is 16.2. The van der Waals surface area contributed by atoms with E-state index in [1.165, 1.54) is 6.92 Å². The van der Waals surface area contributed by atoms with Crippen LogP contribution in [0.15, 0.2) is 0 Å². The molecule has 0 aliphatic rings. The quantitative estimate of drug-likeness (QED) is 0.258. The lowest BCUT2D eigenvalue weighted by Crippen LogP contribution is -2.41. The summed E-state index contributed by atoms with van der Waals surface area (Å²) in [6, 6.07) is 0. The van der Waals surface area contributed by atoms with Crippen LogP contribution in [0.5, 0.6) is 0 Å². The van der Waals surface area contributed by atoms with Crippen molar-refractivity contribution < 1.29 is 9.59 Å². The number of nitrogens with two attached hydrogens (primary N) is 1. The zero-order valence-corrected chi connectivity index (χ0v) is 9.72. The van der Waals surface area contributed by atoms with Crippen LogP contribution in [0, 0.1) is 5.41 Å². The molecule has 0 aliphatic carbocycles. The second-order valence-corrected chi connectivity index (χ2v) is 4.30. The number of unbranched alkanes of at least 4 members (excludes halogenated alkanes) is 1. The van der Waals surface area contributed by atoms with Crippen molar-refractivity contribution in [2.24, 2.45) is 11.3 Å². The van der Waals surface area contributed by atoms with E-state index in [1.54, 1.807) is 0 Å². The molecule has 0 aromatic rings. The molecule has 0 aromatic heterocycles. The molecule has 0 heterocycles. The van der Waals surface area contributed by atoms with Gasteiger partial charge in [-0.05, 0) is 12.8 Å². The first-order valence-electron chi connectivity index (χ1n) is 5.15. The molecule has 15 heavy (non-hydrogen) atoms. The highest BCUT2D eigenvalue weighted by molar-refractivity contribution is 5.81. The summed E-state index contributed by atoms with van der Waals surface area (Å²) in [4.78, 5) is 21.9. The Morgan fingerprint density at radius 1 is 1.27 bits per heavy atom. The van der Waals surface area contributed by atoms with Crippen LogP contribution in [-0.4, -0.2) is 18.4 Å². The topological polar surface area (TPSA) is 84.2 Å². The summed E-state index contributed by atoms with van der Waals surface area (Å²) in [6.07, 6.45) is 2.52. The summed E-state index contributed by atoms with van der Waals surface area (Å²) >= 11 is 0. The van der Waals surface area contributed by atoms with Gasteiger partial charge in [0.05, 0.1) is 0 Å². The van der Waals surface area contributed by atoms with Crippen LogP contribution < -0.4 is 16.6 Å². The summed E-state index contributed by atoms with van der Waals surface area (Å²) in [5, 5.41) is 2.71. The Balaban J connectivity index is 3.66. The van der Waals surface area contributed by atoms with Crippen molar-refractivity contribution in [3.8, 4) is 0 Å². The van der Waals surface area contributed by atoms with E-state index >= 15 is 0 Å². The molecular formula is C10H21N3O2. The molecule has 0 fully saturated rings. The molecule has 2 amide bonds. The smallest absolute Gasteiger partial charge is 0.239 e. The maximum Gasteiger partial charge on any atom is 0.239 e. The van der Waals surface area contributed by atoms with Crippen LogP contribution in [0.4, 0.5) is 0 Å². The Hall–Kier alpha value is -1.10. The van der Waals surface area contributed by atoms with Gasteiger partial charge in [0, 0.05) is 18.9 Å². The molecular weight excluding hydrogens is 194 g/mol. The van der Waals surface area contributed by atoms with Crippen molar-refractivity contribution in [1.29, 1.82) is 0 Å². The van der Waals surface area contributed by atoms with Gasteiger partial charge in [-0.1, -0.05) is 20.3 Å². The van der Waals surface area contributed by atoms with E-state index < -0.39 is 5.41 Å². The van der Waals surface area contributed by atoms with Crippen LogP contribution in [0.3, 0.4) is 0 Å². The highest BCUT2D eigenvalue weighted by Gasteiger charge is 2.25. The molecule has 0 spiro atoms. The van der Waals surface area contributed by atoms with Gasteiger partial charge in [0.2, 0.25) is 11.8 Å². The van der Waals surface area contributed by atoms with Crippen molar-refractivity contribution in [3.63, 3.8) is 0 Å². The van der Waals surface area contributed by atoms with E-state index in [0.717, 1.165) is 19.3 Å². The summed E-state index contributed by atoms with van der Waals surface area (Å²) in [7, 11) is 0. The molecule has 0 rings (SSSR count). The van der Waals surface area contributed by atoms with Crippen molar-refractivity contribution in [1.82, 2.24) is 10.7 Å². The first kappa shape index (κ1) is 13.9. The molecule has 0 atom stereocenters. The van der Waals surface area contributed by atoms with Gasteiger partial charge < -0.3 is 5.32 Å². The standard InChI is InChI=1S/C10H21N3O2/c1-8(14)12-7-5-4-6-10(2,3)9(15)13-11/h4-7,11H2,1-3H3,(H,12,14)(H,13,15). The predicted molar refractivity (Wildman–Crippen MR) is 58.6 cm³/mol. The van der Waals surface area contributed by atoms with Gasteiger partial charge in [0.25, 0.3) is 0 Å². The number of hydrogen-bond donors (Lipinski definition) is 3. The fraction of sp³-hybridized carbons (Fsp3) is 0.800. The first-order chi connectivity index (χ1) is 6.90. The van der Waals surface area contributed by atoms with Crippen molar-refractivity contribution >= 4 is 11.8 Å². The lowest BCUT2D eigenvalue weighted by molar-refractivity contribution is -0.129. The Bertz CT molecular complexity index is 227. The van der Waals surface area contributed by atoms with Crippen LogP contribution in [-0.2, 0) is 9.59 Å². The van der Waals surface area contributed by atoms with Crippen LogP contribution >= 0.6 is 0 Å². The molecule has 5 nitrogen and oxygen atoms in total. The van der Waals surface area contributed by atoms with E-state index in [-0.39, 0.29) is 11.8 Å². The minimum absolute atomic E-state index is 0.0195. The first-order valence-corrected chi connectivity index (χ1v) is 5.15. The Kier molecular flexibility index (Phi) is 5.93. The third-order valence-electron chi connectivity index (χ3n) is 2.35. The summed E-state index contributed by atoms with van der Waals surface area (Å²) in [5.41, 5.74) is 1.72. The van der Waals surface area contributed by atoms with Gasteiger partial charge in [0.1, 0.15) is 0 Å². The molecule has 0 aromatic carbocycles. The van der Waals surface area contributed by atoms with E-state index in [2.05, 4.69) is 10.7 Å². The van der Waals surface area contributed by atoms with Gasteiger partial charge in [-0.2, -0.15) is 0 Å². The molecule has 0 radical (unpaired) electrons. The largest absolute Gasteiger partial charge is 0.356 e. The van der Waals surface area contributed by atoms with Gasteiger partial charge in [-0.15, -0.1) is 0 Å². The van der Waals surface area contributed by atoms with Gasteiger partial charge in [-0.25, -0.2) is 5.84 Å². The van der Waals surface area contributed by atoms with Gasteiger partial charge in [0.15, 0.2) is 0 Å². The van der Waals surface area contributed by atoms with Crippen LogP contribution in [0.2, 0.25) is 0 Å². The van der Waals surface area contributed by atoms with E-state index in [1.807, 2.05) is 13.8 Å². The second-order valence-electron chi connectivity index (χ2n) is 4.30. The zero-order chi connectivity index (χ0) is 11.9. The lowest BCUT2D eigenvalue weighted by Gasteiger charge is -2.21. The molecule has 4 N–H and O–H groups in total. The number of carbonyl (C=O) groups is 2. The predicted octanol–water partition coefficient (Wildman–Crippen LogP) is 0.309. The number of amides is 2.